The Bertz CT molecular complexity index is 453. The summed E-state index contributed by atoms with van der Waals surface area (Å²) < 4.78 is 1.77. The van der Waals surface area contributed by atoms with Crippen LogP contribution < -0.4 is 0 Å². The lowest BCUT2D eigenvalue weighted by molar-refractivity contribution is 0.274. The quantitative estimate of drug-likeness (QED) is 0.799. The van der Waals surface area contributed by atoms with Gasteiger partial charge in [-0.2, -0.15) is 0 Å². The molecule has 2 heterocycles. The molecule has 0 fully saturated rings. The van der Waals surface area contributed by atoms with Crippen LogP contribution in [0.15, 0.2) is 17.5 Å². The van der Waals surface area contributed by atoms with E-state index in [2.05, 4.69) is 16.4 Å². The van der Waals surface area contributed by atoms with Gasteiger partial charge in [0.15, 0.2) is 0 Å². The number of aliphatic hydroxyl groups excluding tert-OH is 2. The average molecular weight is 253 g/mol. The van der Waals surface area contributed by atoms with Crippen LogP contribution in [0.2, 0.25) is 0 Å². The Morgan fingerprint density at radius 1 is 1.35 bits per heavy atom. The Morgan fingerprint density at radius 3 is 2.88 bits per heavy atom. The first kappa shape index (κ1) is 12.2. The standard InChI is InChI=1S/C11H15N3O2S/c15-5-2-4-14-11(10(8-16)12-13-14)7-9-3-1-6-17-9/h1,3,6,15-16H,2,4-5,7-8H2. The smallest absolute Gasteiger partial charge is 0.112 e. The number of aromatic nitrogens is 3. The Morgan fingerprint density at radius 2 is 2.24 bits per heavy atom. The van der Waals surface area contributed by atoms with Crippen LogP contribution in [0.3, 0.4) is 0 Å². The molecule has 0 unspecified atom stereocenters. The van der Waals surface area contributed by atoms with E-state index in [0.717, 1.165) is 12.1 Å². The molecule has 0 amide bonds. The molecule has 2 aromatic heterocycles. The van der Waals surface area contributed by atoms with Crippen molar-refractivity contribution >= 4 is 11.3 Å². The zero-order valence-corrected chi connectivity index (χ0v) is 10.2. The second-order valence-corrected chi connectivity index (χ2v) is 4.73. The Kier molecular flexibility index (Phi) is 4.24. The number of aryl methyl sites for hydroxylation is 1. The average Bonchev–Trinajstić information content (AvgIpc) is 2.97. The van der Waals surface area contributed by atoms with Crippen LogP contribution in [0.1, 0.15) is 22.7 Å². The van der Waals surface area contributed by atoms with Crippen molar-refractivity contribution in [2.24, 2.45) is 0 Å². The summed E-state index contributed by atoms with van der Waals surface area (Å²) >= 11 is 1.67. The molecule has 0 saturated carbocycles. The number of thiophene rings is 1. The normalized spacial score (nSPS) is 10.9. The minimum atomic E-state index is -0.0974. The molecular weight excluding hydrogens is 238 g/mol. The van der Waals surface area contributed by atoms with Gasteiger partial charge in [0.1, 0.15) is 5.69 Å². The van der Waals surface area contributed by atoms with Gasteiger partial charge >= 0.3 is 0 Å². The van der Waals surface area contributed by atoms with Gasteiger partial charge in [-0.1, -0.05) is 11.3 Å². The van der Waals surface area contributed by atoms with E-state index in [1.54, 1.807) is 16.0 Å². The molecule has 2 aromatic rings. The highest BCUT2D eigenvalue weighted by atomic mass is 32.1. The predicted molar refractivity (Wildman–Crippen MR) is 64.8 cm³/mol. The van der Waals surface area contributed by atoms with Gasteiger partial charge < -0.3 is 10.2 Å². The lowest BCUT2D eigenvalue weighted by atomic mass is 10.2. The number of nitrogens with zero attached hydrogens (tertiary/aromatic N) is 3. The molecule has 2 rings (SSSR count). The van der Waals surface area contributed by atoms with Gasteiger partial charge in [-0.15, -0.1) is 16.4 Å². The van der Waals surface area contributed by atoms with Crippen LogP contribution >= 0.6 is 11.3 Å². The van der Waals surface area contributed by atoms with Crippen LogP contribution in [-0.4, -0.2) is 31.8 Å². The third-order valence-corrected chi connectivity index (χ3v) is 3.39. The molecule has 0 aliphatic carbocycles. The third kappa shape index (κ3) is 2.91. The van der Waals surface area contributed by atoms with E-state index in [0.29, 0.717) is 18.7 Å². The highest BCUT2D eigenvalue weighted by Gasteiger charge is 2.12. The minimum absolute atomic E-state index is 0.0974. The van der Waals surface area contributed by atoms with Gasteiger partial charge in [0, 0.05) is 24.4 Å². The van der Waals surface area contributed by atoms with Crippen molar-refractivity contribution in [3.8, 4) is 0 Å². The molecule has 92 valence electrons. The maximum Gasteiger partial charge on any atom is 0.112 e. The van der Waals surface area contributed by atoms with E-state index in [1.807, 2.05) is 11.4 Å². The second kappa shape index (κ2) is 5.90. The lowest BCUT2D eigenvalue weighted by Gasteiger charge is -2.05. The van der Waals surface area contributed by atoms with E-state index in [4.69, 9.17) is 5.11 Å². The molecule has 17 heavy (non-hydrogen) atoms. The fourth-order valence-electron chi connectivity index (χ4n) is 1.66. The fourth-order valence-corrected chi connectivity index (χ4v) is 2.37. The van der Waals surface area contributed by atoms with E-state index >= 15 is 0 Å². The van der Waals surface area contributed by atoms with E-state index in [1.165, 1.54) is 4.88 Å². The van der Waals surface area contributed by atoms with Crippen LogP contribution in [0.5, 0.6) is 0 Å². The number of rotatable bonds is 6. The van der Waals surface area contributed by atoms with E-state index in [9.17, 15) is 5.11 Å². The van der Waals surface area contributed by atoms with Crippen molar-refractivity contribution in [2.45, 2.75) is 26.0 Å². The summed E-state index contributed by atoms with van der Waals surface area (Å²) in [5, 5.41) is 28.0. The van der Waals surface area contributed by atoms with Gasteiger partial charge in [-0.05, 0) is 17.9 Å². The van der Waals surface area contributed by atoms with E-state index in [-0.39, 0.29) is 13.2 Å². The van der Waals surface area contributed by atoms with Crippen molar-refractivity contribution < 1.29 is 10.2 Å². The Balaban J connectivity index is 2.19. The van der Waals surface area contributed by atoms with Crippen molar-refractivity contribution in [1.82, 2.24) is 15.0 Å². The van der Waals surface area contributed by atoms with Crippen molar-refractivity contribution in [1.29, 1.82) is 0 Å². The summed E-state index contributed by atoms with van der Waals surface area (Å²) in [6, 6.07) is 4.05. The maximum atomic E-state index is 9.22. The molecule has 0 saturated heterocycles. The van der Waals surface area contributed by atoms with Crippen molar-refractivity contribution in [3.63, 3.8) is 0 Å². The largest absolute Gasteiger partial charge is 0.396 e. The van der Waals surface area contributed by atoms with Crippen LogP contribution in [0, 0.1) is 0 Å². The van der Waals surface area contributed by atoms with Gasteiger partial charge in [-0.3, -0.25) is 0 Å². The molecule has 0 aliphatic rings. The van der Waals surface area contributed by atoms with Crippen LogP contribution in [-0.2, 0) is 19.6 Å². The Labute approximate surface area is 103 Å². The highest BCUT2D eigenvalue weighted by molar-refractivity contribution is 7.09. The van der Waals surface area contributed by atoms with Crippen molar-refractivity contribution in [3.05, 3.63) is 33.8 Å². The molecule has 0 spiro atoms. The summed E-state index contributed by atoms with van der Waals surface area (Å²) in [5.74, 6) is 0. The monoisotopic (exact) mass is 253 g/mol. The van der Waals surface area contributed by atoms with Gasteiger partial charge in [0.25, 0.3) is 0 Å². The second-order valence-electron chi connectivity index (χ2n) is 3.70. The number of hydrogen-bond acceptors (Lipinski definition) is 5. The van der Waals surface area contributed by atoms with Crippen LogP contribution in [0.25, 0.3) is 0 Å². The van der Waals surface area contributed by atoms with Gasteiger partial charge in [0.05, 0.1) is 12.3 Å². The summed E-state index contributed by atoms with van der Waals surface area (Å²) in [5.41, 5.74) is 1.56. The van der Waals surface area contributed by atoms with Gasteiger partial charge in [0.2, 0.25) is 0 Å². The summed E-state index contributed by atoms with van der Waals surface area (Å²) in [7, 11) is 0. The first-order valence-electron chi connectivity index (χ1n) is 5.50. The summed E-state index contributed by atoms with van der Waals surface area (Å²) in [6.45, 7) is 0.663. The lowest BCUT2D eigenvalue weighted by Crippen LogP contribution is -2.08. The Hall–Kier alpha value is -1.24. The molecule has 0 radical (unpaired) electrons. The van der Waals surface area contributed by atoms with E-state index < -0.39 is 0 Å². The maximum absolute atomic E-state index is 9.22. The predicted octanol–water partition coefficient (Wildman–Crippen LogP) is 0.805. The third-order valence-electron chi connectivity index (χ3n) is 2.52. The van der Waals surface area contributed by atoms with Crippen LogP contribution in [0.4, 0.5) is 0 Å². The molecule has 2 N–H and O–H groups in total. The first-order chi connectivity index (χ1) is 8.35. The summed E-state index contributed by atoms with van der Waals surface area (Å²) in [6.07, 6.45) is 1.37. The molecule has 0 aliphatic heterocycles. The minimum Gasteiger partial charge on any atom is -0.396 e. The SMILES string of the molecule is OCCCn1nnc(CO)c1Cc1cccs1. The fraction of sp³-hybridized carbons (Fsp3) is 0.455. The summed E-state index contributed by atoms with van der Waals surface area (Å²) in [4.78, 5) is 1.22. The number of aliphatic hydroxyl groups is 2. The first-order valence-corrected chi connectivity index (χ1v) is 6.38. The van der Waals surface area contributed by atoms with Gasteiger partial charge in [-0.25, -0.2) is 4.68 Å². The molecule has 0 atom stereocenters. The van der Waals surface area contributed by atoms with Crippen molar-refractivity contribution in [2.75, 3.05) is 6.61 Å². The molecule has 5 nitrogen and oxygen atoms in total. The topological polar surface area (TPSA) is 71.2 Å². The molecular formula is C11H15N3O2S. The number of hydrogen-bond donors (Lipinski definition) is 2. The zero-order chi connectivity index (χ0) is 12.1. The zero-order valence-electron chi connectivity index (χ0n) is 9.41. The highest BCUT2D eigenvalue weighted by Crippen LogP contribution is 2.17. The molecule has 6 heteroatoms. The molecule has 0 aromatic carbocycles. The molecule has 0 bridgehead atoms.